The molecular weight excluding hydrogens is 228 g/mol. The van der Waals surface area contributed by atoms with Crippen molar-refractivity contribution >= 4 is 12.1 Å². The molecule has 3 rings (SSSR count). The van der Waals surface area contributed by atoms with Gasteiger partial charge in [0.1, 0.15) is 0 Å². The van der Waals surface area contributed by atoms with Gasteiger partial charge in [-0.05, 0) is 11.1 Å². The van der Waals surface area contributed by atoms with Crippen LogP contribution in [0.1, 0.15) is 19.8 Å². The Balaban J connectivity index is 1.95. The van der Waals surface area contributed by atoms with E-state index in [1.807, 2.05) is 11.2 Å². The van der Waals surface area contributed by atoms with E-state index in [0.29, 0.717) is 18.9 Å². The number of hydrazine groups is 1. The van der Waals surface area contributed by atoms with Crippen LogP contribution in [0.25, 0.3) is 0 Å². The molecular formula is C13H18N4O. The third kappa shape index (κ3) is 1.84. The Labute approximate surface area is 107 Å². The maximum absolute atomic E-state index is 11.5. The molecule has 0 aromatic heterocycles. The van der Waals surface area contributed by atoms with Crippen molar-refractivity contribution in [3.63, 3.8) is 0 Å². The van der Waals surface area contributed by atoms with Gasteiger partial charge in [0.05, 0.1) is 0 Å². The highest BCUT2D eigenvalue weighted by Crippen LogP contribution is 2.36. The maximum atomic E-state index is 11.5. The molecule has 5 heteroatoms. The number of amides is 1. The first kappa shape index (κ1) is 11.5. The number of nitrogens with one attached hydrogen (secondary N) is 2. The van der Waals surface area contributed by atoms with Gasteiger partial charge in [-0.25, -0.2) is 5.43 Å². The minimum absolute atomic E-state index is 0.0578. The van der Waals surface area contributed by atoms with Crippen molar-refractivity contribution < 1.29 is 4.79 Å². The number of hydrogen-bond donors (Lipinski definition) is 2. The average Bonchev–Trinajstić information content (AvgIpc) is 2.39. The smallest absolute Gasteiger partial charge is 0.224 e. The van der Waals surface area contributed by atoms with Crippen LogP contribution in [0.4, 0.5) is 0 Å². The molecule has 1 amide bonds. The molecule has 0 spiro atoms. The quantitative estimate of drug-likeness (QED) is 0.701. The lowest BCUT2D eigenvalue weighted by Crippen LogP contribution is -2.51. The molecule has 0 bridgehead atoms. The zero-order valence-electron chi connectivity index (χ0n) is 10.5. The zero-order chi connectivity index (χ0) is 12.5. The molecule has 2 atom stereocenters. The van der Waals surface area contributed by atoms with Crippen LogP contribution >= 0.6 is 0 Å². The fourth-order valence-electron chi connectivity index (χ4n) is 2.85. The number of dihydropyridines is 1. The van der Waals surface area contributed by atoms with Crippen LogP contribution in [-0.2, 0) is 4.79 Å². The molecule has 1 fully saturated rings. The van der Waals surface area contributed by atoms with E-state index in [1.54, 1.807) is 0 Å². The van der Waals surface area contributed by atoms with E-state index in [1.165, 1.54) is 11.1 Å². The highest BCUT2D eigenvalue weighted by atomic mass is 16.1. The molecule has 2 unspecified atom stereocenters. The van der Waals surface area contributed by atoms with Crippen LogP contribution in [-0.4, -0.2) is 36.4 Å². The number of aliphatic imine (C=N–C) groups is 1. The SMILES string of the molecule is CCNN1C=C2CC(=O)NCC2C2=CCC=NC21. The lowest BCUT2D eigenvalue weighted by molar-refractivity contribution is -0.121. The average molecular weight is 246 g/mol. The van der Waals surface area contributed by atoms with Crippen LogP contribution in [0, 0.1) is 5.92 Å². The minimum atomic E-state index is 0.0578. The molecule has 5 nitrogen and oxygen atoms in total. The summed E-state index contributed by atoms with van der Waals surface area (Å²) in [5, 5.41) is 4.98. The molecule has 0 radical (unpaired) electrons. The van der Waals surface area contributed by atoms with E-state index < -0.39 is 0 Å². The van der Waals surface area contributed by atoms with Gasteiger partial charge in [0.2, 0.25) is 5.91 Å². The Morgan fingerprint density at radius 1 is 1.61 bits per heavy atom. The van der Waals surface area contributed by atoms with Crippen molar-refractivity contribution in [1.82, 2.24) is 15.8 Å². The van der Waals surface area contributed by atoms with E-state index in [2.05, 4.69) is 34.9 Å². The molecule has 3 heterocycles. The molecule has 18 heavy (non-hydrogen) atoms. The van der Waals surface area contributed by atoms with Crippen molar-refractivity contribution in [2.75, 3.05) is 13.1 Å². The van der Waals surface area contributed by atoms with Gasteiger partial charge < -0.3 is 5.32 Å². The summed E-state index contributed by atoms with van der Waals surface area (Å²) in [5.41, 5.74) is 5.81. The lowest BCUT2D eigenvalue weighted by Gasteiger charge is -2.42. The standard InChI is InChI=1S/C13H18N4O/c1-2-16-17-8-9-6-12(18)15-7-11(9)10-4-3-5-14-13(10)17/h4-5,8,11,13,16H,2-3,6-7H2,1H3,(H,15,18). The van der Waals surface area contributed by atoms with E-state index in [0.717, 1.165) is 13.0 Å². The second kappa shape index (κ2) is 4.57. The molecule has 3 aliphatic heterocycles. The first-order chi connectivity index (χ1) is 8.79. The summed E-state index contributed by atoms with van der Waals surface area (Å²) in [5.74, 6) is 0.451. The Bertz CT molecular complexity index is 452. The van der Waals surface area contributed by atoms with Gasteiger partial charge in [-0.2, -0.15) is 0 Å². The monoisotopic (exact) mass is 246 g/mol. The van der Waals surface area contributed by atoms with Crippen molar-refractivity contribution in [1.29, 1.82) is 0 Å². The third-order valence-electron chi connectivity index (χ3n) is 3.63. The number of hydrogen-bond acceptors (Lipinski definition) is 4. The van der Waals surface area contributed by atoms with Crippen molar-refractivity contribution in [2.45, 2.75) is 25.9 Å². The van der Waals surface area contributed by atoms with E-state index in [4.69, 9.17) is 0 Å². The van der Waals surface area contributed by atoms with Gasteiger partial charge in [-0.15, -0.1) is 0 Å². The molecule has 0 aliphatic carbocycles. The van der Waals surface area contributed by atoms with Gasteiger partial charge in [0.15, 0.2) is 6.17 Å². The summed E-state index contributed by atoms with van der Waals surface area (Å²) in [6.07, 6.45) is 7.72. The highest BCUT2D eigenvalue weighted by molar-refractivity contribution is 5.80. The first-order valence-corrected chi connectivity index (χ1v) is 6.50. The molecule has 0 aromatic carbocycles. The Morgan fingerprint density at radius 2 is 2.50 bits per heavy atom. The molecule has 1 saturated heterocycles. The summed E-state index contributed by atoms with van der Waals surface area (Å²) >= 11 is 0. The van der Waals surface area contributed by atoms with Crippen LogP contribution in [0.15, 0.2) is 28.4 Å². The van der Waals surface area contributed by atoms with Crippen molar-refractivity contribution in [3.8, 4) is 0 Å². The maximum Gasteiger partial charge on any atom is 0.224 e. The summed E-state index contributed by atoms with van der Waals surface area (Å²) in [4.78, 5) is 16.1. The van der Waals surface area contributed by atoms with Crippen LogP contribution < -0.4 is 10.7 Å². The normalized spacial score (nSPS) is 30.1. The van der Waals surface area contributed by atoms with Gasteiger partial charge in [-0.3, -0.25) is 14.8 Å². The molecule has 96 valence electrons. The second-order valence-corrected chi connectivity index (χ2v) is 4.80. The number of allylic oxidation sites excluding steroid dienone is 1. The summed E-state index contributed by atoms with van der Waals surface area (Å²) in [6, 6.07) is 0. The fourth-order valence-corrected chi connectivity index (χ4v) is 2.85. The number of nitrogens with zero attached hydrogens (tertiary/aromatic N) is 2. The molecule has 3 aliphatic rings. The van der Waals surface area contributed by atoms with Gasteiger partial charge in [0, 0.05) is 44.3 Å². The number of piperidine rings is 1. The largest absolute Gasteiger partial charge is 0.355 e. The summed E-state index contributed by atoms with van der Waals surface area (Å²) < 4.78 is 0. The first-order valence-electron chi connectivity index (χ1n) is 6.50. The summed E-state index contributed by atoms with van der Waals surface area (Å²) in [6.45, 7) is 3.62. The van der Waals surface area contributed by atoms with Crippen LogP contribution in [0.2, 0.25) is 0 Å². The van der Waals surface area contributed by atoms with Crippen molar-refractivity contribution in [3.05, 3.63) is 23.4 Å². The second-order valence-electron chi connectivity index (χ2n) is 4.80. The number of carbonyl (C=O) groups is 1. The molecule has 0 saturated carbocycles. The van der Waals surface area contributed by atoms with Gasteiger partial charge in [-0.1, -0.05) is 13.0 Å². The van der Waals surface area contributed by atoms with Crippen molar-refractivity contribution in [2.24, 2.45) is 10.9 Å². The van der Waals surface area contributed by atoms with Crippen LogP contribution in [0.5, 0.6) is 0 Å². The zero-order valence-corrected chi connectivity index (χ0v) is 10.5. The van der Waals surface area contributed by atoms with Gasteiger partial charge >= 0.3 is 0 Å². The fraction of sp³-hybridized carbons (Fsp3) is 0.538. The van der Waals surface area contributed by atoms with Crippen LogP contribution in [0.3, 0.4) is 0 Å². The van der Waals surface area contributed by atoms with Gasteiger partial charge in [0.25, 0.3) is 0 Å². The molecule has 2 N–H and O–H groups in total. The number of carbonyl (C=O) groups excluding carboxylic acids is 1. The minimum Gasteiger partial charge on any atom is -0.355 e. The lowest BCUT2D eigenvalue weighted by atomic mass is 9.81. The topological polar surface area (TPSA) is 56.7 Å². The predicted octanol–water partition coefficient (Wildman–Crippen LogP) is 0.573. The van der Waals surface area contributed by atoms with E-state index in [-0.39, 0.29) is 12.1 Å². The number of fused-ring (bicyclic) bond motifs is 3. The Morgan fingerprint density at radius 3 is 3.33 bits per heavy atom. The summed E-state index contributed by atoms with van der Waals surface area (Å²) in [7, 11) is 0. The molecule has 0 aromatic rings. The van der Waals surface area contributed by atoms with E-state index >= 15 is 0 Å². The number of rotatable bonds is 2. The Kier molecular flexibility index (Phi) is 2.91. The third-order valence-corrected chi connectivity index (χ3v) is 3.63. The predicted molar refractivity (Wildman–Crippen MR) is 69.7 cm³/mol. The highest BCUT2D eigenvalue weighted by Gasteiger charge is 2.37. The van der Waals surface area contributed by atoms with E-state index in [9.17, 15) is 4.79 Å². The Hall–Kier alpha value is -1.62.